The highest BCUT2D eigenvalue weighted by Gasteiger charge is 2.50. The number of alkyl halides is 3. The Labute approximate surface area is 190 Å². The van der Waals surface area contributed by atoms with Crippen LogP contribution in [0.25, 0.3) is 11.1 Å². The third kappa shape index (κ3) is 3.39. The van der Waals surface area contributed by atoms with Gasteiger partial charge in [0.05, 0.1) is 11.2 Å². The Morgan fingerprint density at radius 3 is 2.47 bits per heavy atom. The van der Waals surface area contributed by atoms with Crippen molar-refractivity contribution in [1.29, 1.82) is 0 Å². The molecule has 0 unspecified atom stereocenters. The number of hydrogen-bond acceptors (Lipinski definition) is 8. The molecule has 176 valence electrons. The quantitative estimate of drug-likeness (QED) is 0.324. The van der Waals surface area contributed by atoms with E-state index >= 15 is 4.39 Å². The molecule has 1 aromatic heterocycles. The molecule has 0 aliphatic carbocycles. The van der Waals surface area contributed by atoms with Gasteiger partial charge in [0.2, 0.25) is 0 Å². The standard InChI is InChI=1S/C21H14F4N4O4S/c22-16-5-13(33-34(30,31)21(23,24)25)4-15-19(16)32-17-2-1-11(12-7-27-10-28-8-12)3-14(17)20(15)6-18(26)29-9-20/h1-8,10,29H,9,26H2/t20-/m0/s1. The Morgan fingerprint density at radius 2 is 1.82 bits per heavy atom. The fourth-order valence-corrected chi connectivity index (χ4v) is 4.48. The highest BCUT2D eigenvalue weighted by molar-refractivity contribution is 7.88. The van der Waals surface area contributed by atoms with Crippen LogP contribution in [0.4, 0.5) is 17.6 Å². The second kappa shape index (κ2) is 7.32. The van der Waals surface area contributed by atoms with Crippen molar-refractivity contribution >= 4 is 10.1 Å². The molecule has 0 saturated carbocycles. The smallest absolute Gasteiger partial charge is 0.454 e. The molecule has 2 aliphatic rings. The molecule has 5 rings (SSSR count). The Kier molecular flexibility index (Phi) is 4.72. The van der Waals surface area contributed by atoms with E-state index in [0.717, 1.165) is 6.07 Å². The highest BCUT2D eigenvalue weighted by Crippen LogP contribution is 2.53. The normalized spacial score (nSPS) is 19.0. The van der Waals surface area contributed by atoms with Crippen molar-refractivity contribution in [2.24, 2.45) is 5.73 Å². The van der Waals surface area contributed by atoms with E-state index in [1.54, 1.807) is 36.7 Å². The van der Waals surface area contributed by atoms with Gasteiger partial charge in [-0.25, -0.2) is 14.4 Å². The van der Waals surface area contributed by atoms with Gasteiger partial charge in [-0.05, 0) is 29.8 Å². The Morgan fingerprint density at radius 1 is 1.09 bits per heavy atom. The maximum atomic E-state index is 15.0. The molecule has 0 fully saturated rings. The highest BCUT2D eigenvalue weighted by atomic mass is 32.2. The van der Waals surface area contributed by atoms with E-state index in [1.165, 1.54) is 6.33 Å². The minimum atomic E-state index is -6.02. The monoisotopic (exact) mass is 494 g/mol. The number of rotatable bonds is 3. The first-order valence-corrected chi connectivity index (χ1v) is 11.1. The number of fused-ring (bicyclic) bond motifs is 4. The van der Waals surface area contributed by atoms with Crippen molar-refractivity contribution in [2.45, 2.75) is 10.9 Å². The molecule has 1 spiro atoms. The number of nitrogens with two attached hydrogens (primary N) is 1. The summed E-state index contributed by atoms with van der Waals surface area (Å²) in [7, 11) is -6.02. The number of ether oxygens (including phenoxy) is 1. The lowest BCUT2D eigenvalue weighted by molar-refractivity contribution is -0.0500. The van der Waals surface area contributed by atoms with E-state index < -0.39 is 32.6 Å². The van der Waals surface area contributed by atoms with E-state index in [0.29, 0.717) is 22.8 Å². The van der Waals surface area contributed by atoms with Crippen molar-refractivity contribution in [2.75, 3.05) is 6.54 Å². The average Bonchev–Trinajstić information content (AvgIpc) is 3.16. The molecule has 0 amide bonds. The molecule has 3 heterocycles. The van der Waals surface area contributed by atoms with Crippen LogP contribution < -0.4 is 20.0 Å². The van der Waals surface area contributed by atoms with Gasteiger partial charge < -0.3 is 20.0 Å². The average molecular weight is 494 g/mol. The number of nitrogens with one attached hydrogen (secondary N) is 1. The molecule has 3 N–H and O–H groups in total. The predicted octanol–water partition coefficient (Wildman–Crippen LogP) is 3.31. The maximum absolute atomic E-state index is 15.0. The fourth-order valence-electron chi connectivity index (χ4n) is 4.03. The number of nitrogens with zero attached hydrogens (tertiary/aromatic N) is 2. The third-order valence-electron chi connectivity index (χ3n) is 5.53. The molecular weight excluding hydrogens is 480 g/mol. The molecule has 3 aromatic rings. The molecule has 2 aliphatic heterocycles. The van der Waals surface area contributed by atoms with Crippen LogP contribution in [0.15, 0.2) is 60.9 Å². The number of aromatic nitrogens is 2. The van der Waals surface area contributed by atoms with Crippen molar-refractivity contribution in [1.82, 2.24) is 15.3 Å². The van der Waals surface area contributed by atoms with E-state index in [1.807, 2.05) is 0 Å². The summed E-state index contributed by atoms with van der Waals surface area (Å²) in [6, 6.07) is 6.59. The summed E-state index contributed by atoms with van der Waals surface area (Å²) in [4.78, 5) is 7.97. The molecule has 0 bridgehead atoms. The summed E-state index contributed by atoms with van der Waals surface area (Å²) in [6.07, 6.45) is 6.11. The van der Waals surface area contributed by atoms with Gasteiger partial charge >= 0.3 is 15.6 Å². The van der Waals surface area contributed by atoms with Crippen molar-refractivity contribution < 1.29 is 34.9 Å². The first-order valence-electron chi connectivity index (χ1n) is 9.65. The van der Waals surface area contributed by atoms with Crippen LogP contribution in [-0.4, -0.2) is 30.4 Å². The van der Waals surface area contributed by atoms with Gasteiger partial charge in [-0.1, -0.05) is 6.07 Å². The molecule has 0 saturated heterocycles. The number of hydrogen-bond donors (Lipinski definition) is 2. The zero-order chi connectivity index (χ0) is 24.3. The van der Waals surface area contributed by atoms with E-state index in [-0.39, 0.29) is 29.4 Å². The van der Waals surface area contributed by atoms with Gasteiger partial charge in [-0.2, -0.15) is 21.6 Å². The SMILES string of the molecule is NC1=C[C@]2(CN1)c1cc(-c3cncnc3)ccc1Oc1c(F)cc(OS(=O)(=O)C(F)(F)F)cc12. The molecule has 13 heteroatoms. The fraction of sp³-hybridized carbons (Fsp3) is 0.143. The molecule has 34 heavy (non-hydrogen) atoms. The first kappa shape index (κ1) is 21.9. The minimum Gasteiger partial charge on any atom is -0.454 e. The Bertz CT molecular complexity index is 1450. The van der Waals surface area contributed by atoms with Crippen LogP contribution in [-0.2, 0) is 15.5 Å². The predicted molar refractivity (Wildman–Crippen MR) is 111 cm³/mol. The summed E-state index contributed by atoms with van der Waals surface area (Å²) in [5.41, 5.74) is 1.00. The second-order valence-electron chi connectivity index (χ2n) is 7.63. The van der Waals surface area contributed by atoms with Crippen LogP contribution in [0.1, 0.15) is 11.1 Å². The van der Waals surface area contributed by atoms with E-state index in [4.69, 9.17) is 10.5 Å². The van der Waals surface area contributed by atoms with E-state index in [2.05, 4.69) is 19.5 Å². The first-order chi connectivity index (χ1) is 16.0. The van der Waals surface area contributed by atoms with Crippen LogP contribution in [0.5, 0.6) is 17.2 Å². The summed E-state index contributed by atoms with van der Waals surface area (Å²) < 4.78 is 86.4. The Balaban J connectivity index is 1.70. The molecular formula is C21H14F4N4O4S. The van der Waals surface area contributed by atoms with Gasteiger partial charge in [0.1, 0.15) is 17.8 Å². The van der Waals surface area contributed by atoms with E-state index in [9.17, 15) is 21.6 Å². The zero-order valence-corrected chi connectivity index (χ0v) is 17.7. The summed E-state index contributed by atoms with van der Waals surface area (Å²) in [6.45, 7) is 0.103. The van der Waals surface area contributed by atoms with Gasteiger partial charge in [0.15, 0.2) is 11.6 Å². The number of benzene rings is 2. The summed E-state index contributed by atoms with van der Waals surface area (Å²) in [5.74, 6) is -1.72. The van der Waals surface area contributed by atoms with Gasteiger partial charge in [0.25, 0.3) is 0 Å². The van der Waals surface area contributed by atoms with Gasteiger partial charge in [-0.15, -0.1) is 0 Å². The summed E-state index contributed by atoms with van der Waals surface area (Å²) >= 11 is 0. The third-order valence-corrected chi connectivity index (χ3v) is 6.51. The molecule has 0 radical (unpaired) electrons. The molecule has 1 atom stereocenters. The van der Waals surface area contributed by atoms with Gasteiger partial charge in [-0.3, -0.25) is 0 Å². The van der Waals surface area contributed by atoms with Gasteiger partial charge in [0, 0.05) is 41.7 Å². The Hall–Kier alpha value is -3.87. The maximum Gasteiger partial charge on any atom is 0.534 e. The second-order valence-corrected chi connectivity index (χ2v) is 9.17. The number of halogens is 4. The summed E-state index contributed by atoms with van der Waals surface area (Å²) in [5, 5.41) is 2.93. The topological polar surface area (TPSA) is 116 Å². The van der Waals surface area contributed by atoms with Crippen molar-refractivity contribution in [3.8, 4) is 28.4 Å². The van der Waals surface area contributed by atoms with Crippen LogP contribution in [0, 0.1) is 5.82 Å². The minimum absolute atomic E-state index is 0.0433. The molecule has 8 nitrogen and oxygen atoms in total. The van der Waals surface area contributed by atoms with Crippen molar-refractivity contribution in [3.63, 3.8) is 0 Å². The molecule has 2 aromatic carbocycles. The van der Waals surface area contributed by atoms with Crippen LogP contribution in [0.2, 0.25) is 0 Å². The lowest BCUT2D eigenvalue weighted by Gasteiger charge is -2.36. The van der Waals surface area contributed by atoms with Crippen molar-refractivity contribution in [3.05, 3.63) is 77.9 Å². The van der Waals surface area contributed by atoms with Crippen LogP contribution in [0.3, 0.4) is 0 Å². The lowest BCUT2D eigenvalue weighted by Crippen LogP contribution is -2.35. The largest absolute Gasteiger partial charge is 0.534 e. The lowest BCUT2D eigenvalue weighted by atomic mass is 9.72. The zero-order valence-electron chi connectivity index (χ0n) is 16.9. The van der Waals surface area contributed by atoms with Crippen LogP contribution >= 0.6 is 0 Å².